The Labute approximate surface area is 88.3 Å². The SMILES string of the molecule is Nc1ccnc(CN2CCNC(=O)C2)c1. The summed E-state index contributed by atoms with van der Waals surface area (Å²) in [5.41, 5.74) is 7.27. The predicted octanol–water partition coefficient (Wildman–Crippen LogP) is -0.404. The van der Waals surface area contributed by atoms with Gasteiger partial charge in [-0.1, -0.05) is 0 Å². The third kappa shape index (κ3) is 2.66. The highest BCUT2D eigenvalue weighted by atomic mass is 16.2. The number of nitrogen functional groups attached to an aromatic ring is 1. The fraction of sp³-hybridized carbons (Fsp3) is 0.400. The number of carbonyl (C=O) groups is 1. The molecule has 0 bridgehead atoms. The quantitative estimate of drug-likeness (QED) is 0.690. The number of nitrogens with one attached hydrogen (secondary N) is 1. The van der Waals surface area contributed by atoms with Crippen molar-refractivity contribution in [1.82, 2.24) is 15.2 Å². The smallest absolute Gasteiger partial charge is 0.234 e. The molecule has 2 rings (SSSR count). The molecule has 1 aliphatic rings. The fourth-order valence-electron chi connectivity index (χ4n) is 1.64. The largest absolute Gasteiger partial charge is 0.399 e. The molecule has 0 atom stereocenters. The van der Waals surface area contributed by atoms with E-state index in [4.69, 9.17) is 5.73 Å². The van der Waals surface area contributed by atoms with E-state index >= 15 is 0 Å². The third-order valence-corrected chi connectivity index (χ3v) is 2.34. The molecule has 15 heavy (non-hydrogen) atoms. The van der Waals surface area contributed by atoms with Crippen molar-refractivity contribution >= 4 is 11.6 Å². The first kappa shape index (κ1) is 9.92. The molecule has 0 aliphatic carbocycles. The molecular weight excluding hydrogens is 192 g/mol. The van der Waals surface area contributed by atoms with E-state index in [1.54, 1.807) is 12.3 Å². The number of nitrogens with zero attached hydrogens (tertiary/aromatic N) is 2. The van der Waals surface area contributed by atoms with Gasteiger partial charge in [-0.25, -0.2) is 0 Å². The number of piperazine rings is 1. The summed E-state index contributed by atoms with van der Waals surface area (Å²) >= 11 is 0. The van der Waals surface area contributed by atoms with Gasteiger partial charge in [0.15, 0.2) is 0 Å². The lowest BCUT2D eigenvalue weighted by Crippen LogP contribution is -2.47. The molecule has 1 fully saturated rings. The molecule has 5 nitrogen and oxygen atoms in total. The van der Waals surface area contributed by atoms with Gasteiger partial charge in [0.05, 0.1) is 12.2 Å². The lowest BCUT2D eigenvalue weighted by molar-refractivity contribution is -0.124. The highest BCUT2D eigenvalue weighted by Crippen LogP contribution is 2.06. The van der Waals surface area contributed by atoms with E-state index < -0.39 is 0 Å². The minimum Gasteiger partial charge on any atom is -0.399 e. The first-order valence-electron chi connectivity index (χ1n) is 4.93. The van der Waals surface area contributed by atoms with Crippen LogP contribution in [-0.2, 0) is 11.3 Å². The first-order chi connectivity index (χ1) is 7.24. The standard InChI is InChI=1S/C10H14N4O/c11-8-1-2-12-9(5-8)6-14-4-3-13-10(15)7-14/h1-2,5H,3-4,6-7H2,(H2,11,12)(H,13,15). The summed E-state index contributed by atoms with van der Waals surface area (Å²) in [7, 11) is 0. The molecule has 1 amide bonds. The Bertz CT molecular complexity index is 366. The molecule has 5 heteroatoms. The maximum Gasteiger partial charge on any atom is 0.234 e. The minimum atomic E-state index is 0.0742. The van der Waals surface area contributed by atoms with Crippen LogP contribution in [0.5, 0.6) is 0 Å². The summed E-state index contributed by atoms with van der Waals surface area (Å²) in [4.78, 5) is 17.4. The van der Waals surface area contributed by atoms with Crippen LogP contribution in [0.1, 0.15) is 5.69 Å². The second kappa shape index (κ2) is 4.27. The number of aromatic nitrogens is 1. The lowest BCUT2D eigenvalue weighted by Gasteiger charge is -2.25. The predicted molar refractivity (Wildman–Crippen MR) is 56.9 cm³/mol. The molecule has 1 aliphatic heterocycles. The van der Waals surface area contributed by atoms with Gasteiger partial charge in [-0.05, 0) is 12.1 Å². The number of hydrogen-bond acceptors (Lipinski definition) is 4. The minimum absolute atomic E-state index is 0.0742. The van der Waals surface area contributed by atoms with E-state index in [9.17, 15) is 4.79 Å². The zero-order chi connectivity index (χ0) is 10.7. The van der Waals surface area contributed by atoms with Crippen LogP contribution >= 0.6 is 0 Å². The van der Waals surface area contributed by atoms with E-state index in [0.29, 0.717) is 25.3 Å². The Morgan fingerprint density at radius 2 is 2.47 bits per heavy atom. The molecule has 1 aromatic rings. The third-order valence-electron chi connectivity index (χ3n) is 2.34. The molecule has 80 valence electrons. The summed E-state index contributed by atoms with van der Waals surface area (Å²) < 4.78 is 0. The van der Waals surface area contributed by atoms with Gasteiger partial charge in [-0.2, -0.15) is 0 Å². The Kier molecular flexibility index (Phi) is 2.82. The van der Waals surface area contributed by atoms with Crippen LogP contribution in [-0.4, -0.2) is 35.4 Å². The molecule has 0 spiro atoms. The Morgan fingerprint density at radius 1 is 1.60 bits per heavy atom. The van der Waals surface area contributed by atoms with E-state index in [1.165, 1.54) is 0 Å². The van der Waals surface area contributed by atoms with Crippen molar-refractivity contribution in [1.29, 1.82) is 0 Å². The molecular formula is C10H14N4O. The van der Waals surface area contributed by atoms with Crippen LogP contribution in [0.15, 0.2) is 18.3 Å². The van der Waals surface area contributed by atoms with Gasteiger partial charge >= 0.3 is 0 Å². The first-order valence-corrected chi connectivity index (χ1v) is 4.93. The van der Waals surface area contributed by atoms with Crippen molar-refractivity contribution in [2.75, 3.05) is 25.4 Å². The van der Waals surface area contributed by atoms with Crippen LogP contribution in [0, 0.1) is 0 Å². The summed E-state index contributed by atoms with van der Waals surface area (Å²) in [5.74, 6) is 0.0742. The van der Waals surface area contributed by atoms with E-state index in [1.807, 2.05) is 6.07 Å². The van der Waals surface area contributed by atoms with Crippen LogP contribution in [0.25, 0.3) is 0 Å². The summed E-state index contributed by atoms with van der Waals surface area (Å²) in [5, 5.41) is 2.78. The molecule has 0 saturated carbocycles. The van der Waals surface area contributed by atoms with Gasteiger partial charge in [0.1, 0.15) is 0 Å². The van der Waals surface area contributed by atoms with Gasteiger partial charge < -0.3 is 11.1 Å². The maximum absolute atomic E-state index is 11.1. The number of pyridine rings is 1. The molecule has 0 unspecified atom stereocenters. The Balaban J connectivity index is 1.99. The zero-order valence-corrected chi connectivity index (χ0v) is 8.44. The highest BCUT2D eigenvalue weighted by molar-refractivity contribution is 5.78. The maximum atomic E-state index is 11.1. The van der Waals surface area contributed by atoms with Crippen LogP contribution in [0.3, 0.4) is 0 Å². The average Bonchev–Trinajstić information content (AvgIpc) is 2.17. The van der Waals surface area contributed by atoms with Crippen molar-refractivity contribution in [3.8, 4) is 0 Å². The highest BCUT2D eigenvalue weighted by Gasteiger charge is 2.16. The van der Waals surface area contributed by atoms with Gasteiger partial charge in [0.25, 0.3) is 0 Å². The van der Waals surface area contributed by atoms with Crippen LogP contribution in [0.2, 0.25) is 0 Å². The van der Waals surface area contributed by atoms with E-state index in [-0.39, 0.29) is 5.91 Å². The molecule has 0 aromatic carbocycles. The van der Waals surface area contributed by atoms with Gasteiger partial charge in [0.2, 0.25) is 5.91 Å². The Hall–Kier alpha value is -1.62. The number of amides is 1. The monoisotopic (exact) mass is 206 g/mol. The number of anilines is 1. The van der Waals surface area contributed by atoms with Crippen molar-refractivity contribution in [3.05, 3.63) is 24.0 Å². The summed E-state index contributed by atoms with van der Waals surface area (Å²) in [6.07, 6.45) is 1.69. The van der Waals surface area contributed by atoms with Crippen LogP contribution in [0.4, 0.5) is 5.69 Å². The lowest BCUT2D eigenvalue weighted by atomic mass is 10.2. The van der Waals surface area contributed by atoms with Gasteiger partial charge in [-0.15, -0.1) is 0 Å². The molecule has 2 heterocycles. The van der Waals surface area contributed by atoms with Crippen molar-refractivity contribution in [2.24, 2.45) is 0 Å². The van der Waals surface area contributed by atoms with E-state index in [2.05, 4.69) is 15.2 Å². The van der Waals surface area contributed by atoms with Crippen LogP contribution < -0.4 is 11.1 Å². The average molecular weight is 206 g/mol. The van der Waals surface area contributed by atoms with Crippen molar-refractivity contribution < 1.29 is 4.79 Å². The number of carbonyl (C=O) groups excluding carboxylic acids is 1. The summed E-state index contributed by atoms with van der Waals surface area (Å²) in [6.45, 7) is 2.69. The zero-order valence-electron chi connectivity index (χ0n) is 8.44. The van der Waals surface area contributed by atoms with Gasteiger partial charge in [0, 0.05) is 31.5 Å². The number of nitrogens with two attached hydrogens (primary N) is 1. The van der Waals surface area contributed by atoms with Crippen molar-refractivity contribution in [2.45, 2.75) is 6.54 Å². The topological polar surface area (TPSA) is 71.2 Å². The molecule has 1 saturated heterocycles. The Morgan fingerprint density at radius 3 is 3.20 bits per heavy atom. The second-order valence-corrected chi connectivity index (χ2v) is 3.64. The fourth-order valence-corrected chi connectivity index (χ4v) is 1.64. The normalized spacial score (nSPS) is 17.5. The number of hydrogen-bond donors (Lipinski definition) is 2. The van der Waals surface area contributed by atoms with E-state index in [0.717, 1.165) is 12.2 Å². The molecule has 3 N–H and O–H groups in total. The summed E-state index contributed by atoms with van der Waals surface area (Å²) in [6, 6.07) is 3.60. The molecule has 0 radical (unpaired) electrons. The molecule has 1 aromatic heterocycles. The second-order valence-electron chi connectivity index (χ2n) is 3.64. The van der Waals surface area contributed by atoms with Crippen molar-refractivity contribution in [3.63, 3.8) is 0 Å². The number of rotatable bonds is 2. The van der Waals surface area contributed by atoms with Gasteiger partial charge in [-0.3, -0.25) is 14.7 Å².